The first-order valence-electron chi connectivity index (χ1n) is 2.32. The molecular formula is C3H4N4O2S. The van der Waals surface area contributed by atoms with Crippen LogP contribution in [0, 0.1) is 0 Å². The Morgan fingerprint density at radius 2 is 2.10 bits per heavy atom. The van der Waals surface area contributed by atoms with Gasteiger partial charge in [-0.2, -0.15) is 0 Å². The fraction of sp³-hybridized carbons (Fsp3) is 0.333. The molecular weight excluding hydrogens is 156 g/mol. The normalized spacial score (nSPS) is 11.3. The maximum absolute atomic E-state index is 10.7. The summed E-state index contributed by atoms with van der Waals surface area (Å²) in [6, 6.07) is 0. The Labute approximate surface area is 57.2 Å². The number of aromatic nitrogens is 4. The predicted octanol–water partition coefficient (Wildman–Crippen LogP) is -1.33. The van der Waals surface area contributed by atoms with Crippen molar-refractivity contribution >= 4 is 9.84 Å². The number of hydrogen-bond donors (Lipinski definition) is 0. The Morgan fingerprint density at radius 3 is 2.40 bits per heavy atom. The lowest BCUT2D eigenvalue weighted by atomic mass is 10.9. The quantitative estimate of drug-likeness (QED) is 0.506. The van der Waals surface area contributed by atoms with Crippen molar-refractivity contribution in [3.05, 3.63) is 6.20 Å². The van der Waals surface area contributed by atoms with Crippen molar-refractivity contribution in [1.29, 1.82) is 0 Å². The molecule has 0 aliphatic rings. The molecule has 1 rings (SSSR count). The van der Waals surface area contributed by atoms with Crippen LogP contribution in [-0.2, 0) is 9.84 Å². The highest BCUT2D eigenvalue weighted by molar-refractivity contribution is 7.90. The second kappa shape index (κ2) is 2.25. The SMILES string of the molecule is CS(=O)(=O)c1cnnnn1. The number of nitrogens with zero attached hydrogens (tertiary/aromatic N) is 4. The fourth-order valence-corrected chi connectivity index (χ4v) is 0.782. The van der Waals surface area contributed by atoms with Crippen molar-refractivity contribution < 1.29 is 8.42 Å². The molecule has 0 radical (unpaired) electrons. The lowest BCUT2D eigenvalue weighted by Gasteiger charge is -1.89. The first kappa shape index (κ1) is 7.00. The van der Waals surface area contributed by atoms with Gasteiger partial charge in [0.25, 0.3) is 0 Å². The van der Waals surface area contributed by atoms with Gasteiger partial charge in [0.2, 0.25) is 0 Å². The summed E-state index contributed by atoms with van der Waals surface area (Å²) >= 11 is 0. The Balaban J connectivity index is 3.22. The van der Waals surface area contributed by atoms with Crippen LogP contribution in [0.5, 0.6) is 0 Å². The average molecular weight is 160 g/mol. The third kappa shape index (κ3) is 1.44. The van der Waals surface area contributed by atoms with Gasteiger partial charge in [0, 0.05) is 6.26 Å². The van der Waals surface area contributed by atoms with Gasteiger partial charge in [-0.25, -0.2) is 8.42 Å². The number of rotatable bonds is 1. The van der Waals surface area contributed by atoms with Gasteiger partial charge in [-0.05, 0) is 10.4 Å². The van der Waals surface area contributed by atoms with Gasteiger partial charge in [0.05, 0.1) is 6.20 Å². The van der Waals surface area contributed by atoms with Gasteiger partial charge in [-0.3, -0.25) is 0 Å². The predicted molar refractivity (Wildman–Crippen MR) is 30.7 cm³/mol. The summed E-state index contributed by atoms with van der Waals surface area (Å²) in [5.41, 5.74) is 0. The molecule has 1 aromatic heterocycles. The monoisotopic (exact) mass is 160 g/mol. The van der Waals surface area contributed by atoms with E-state index in [4.69, 9.17) is 0 Å². The molecule has 0 aliphatic heterocycles. The summed E-state index contributed by atoms with van der Waals surface area (Å²) in [5.74, 6) is 0. The largest absolute Gasteiger partial charge is 0.222 e. The summed E-state index contributed by atoms with van der Waals surface area (Å²) in [4.78, 5) is 0. The standard InChI is InChI=1S/C3H4N4O2S/c1-10(8,9)3-2-4-6-7-5-3/h2H,1H3. The van der Waals surface area contributed by atoms with Crippen molar-refractivity contribution in [1.82, 2.24) is 20.6 Å². The van der Waals surface area contributed by atoms with E-state index in [2.05, 4.69) is 20.6 Å². The number of hydrogen-bond acceptors (Lipinski definition) is 6. The smallest absolute Gasteiger partial charge is 0.199 e. The summed E-state index contributed by atoms with van der Waals surface area (Å²) < 4.78 is 21.3. The summed E-state index contributed by atoms with van der Waals surface area (Å²) in [5, 5.41) is 12.5. The van der Waals surface area contributed by atoms with Crippen LogP contribution >= 0.6 is 0 Å². The van der Waals surface area contributed by atoms with Crippen LogP contribution in [0.3, 0.4) is 0 Å². The molecule has 0 bridgehead atoms. The van der Waals surface area contributed by atoms with E-state index in [-0.39, 0.29) is 5.03 Å². The van der Waals surface area contributed by atoms with Crippen molar-refractivity contribution in [3.63, 3.8) is 0 Å². The zero-order chi connectivity index (χ0) is 7.61. The molecule has 0 fully saturated rings. The molecule has 7 heteroatoms. The highest BCUT2D eigenvalue weighted by Gasteiger charge is 2.08. The molecule has 0 saturated heterocycles. The second-order valence-electron chi connectivity index (χ2n) is 1.63. The summed E-state index contributed by atoms with van der Waals surface area (Å²) in [6.07, 6.45) is 2.07. The zero-order valence-electron chi connectivity index (χ0n) is 5.09. The molecule has 0 amide bonds. The third-order valence-electron chi connectivity index (χ3n) is 0.783. The van der Waals surface area contributed by atoms with Crippen LogP contribution < -0.4 is 0 Å². The maximum Gasteiger partial charge on any atom is 0.199 e. The highest BCUT2D eigenvalue weighted by Crippen LogP contribution is 1.96. The average Bonchev–Trinajstić information content (AvgIpc) is 1.88. The molecule has 0 N–H and O–H groups in total. The zero-order valence-corrected chi connectivity index (χ0v) is 5.91. The minimum absolute atomic E-state index is 0.164. The van der Waals surface area contributed by atoms with E-state index in [0.29, 0.717) is 0 Å². The van der Waals surface area contributed by atoms with Crippen molar-refractivity contribution in [2.24, 2.45) is 0 Å². The Bertz CT molecular complexity index is 307. The molecule has 0 atom stereocenters. The Kier molecular flexibility index (Phi) is 1.58. The second-order valence-corrected chi connectivity index (χ2v) is 3.60. The minimum atomic E-state index is -3.28. The van der Waals surface area contributed by atoms with E-state index in [1.54, 1.807) is 0 Å². The van der Waals surface area contributed by atoms with Gasteiger partial charge in [-0.15, -0.1) is 10.2 Å². The molecule has 0 aliphatic carbocycles. The van der Waals surface area contributed by atoms with Crippen molar-refractivity contribution in [3.8, 4) is 0 Å². The third-order valence-corrected chi connectivity index (χ3v) is 1.73. The Hall–Kier alpha value is -1.11. The van der Waals surface area contributed by atoms with E-state index in [1.807, 2.05) is 0 Å². The van der Waals surface area contributed by atoms with E-state index in [0.717, 1.165) is 12.5 Å². The van der Waals surface area contributed by atoms with Crippen LogP contribution in [0.1, 0.15) is 0 Å². The van der Waals surface area contributed by atoms with Gasteiger partial charge in [-0.1, -0.05) is 0 Å². The van der Waals surface area contributed by atoms with E-state index in [1.165, 1.54) is 0 Å². The first-order chi connectivity index (χ1) is 4.61. The van der Waals surface area contributed by atoms with Crippen LogP contribution in [0.25, 0.3) is 0 Å². The van der Waals surface area contributed by atoms with Gasteiger partial charge >= 0.3 is 0 Å². The molecule has 54 valence electrons. The van der Waals surface area contributed by atoms with E-state index < -0.39 is 9.84 Å². The fourth-order valence-electron chi connectivity index (χ4n) is 0.358. The van der Waals surface area contributed by atoms with Crippen LogP contribution in [0.4, 0.5) is 0 Å². The molecule has 6 nitrogen and oxygen atoms in total. The van der Waals surface area contributed by atoms with Gasteiger partial charge in [0.15, 0.2) is 14.9 Å². The Morgan fingerprint density at radius 1 is 1.40 bits per heavy atom. The van der Waals surface area contributed by atoms with Crippen LogP contribution in [-0.4, -0.2) is 35.3 Å². The van der Waals surface area contributed by atoms with Gasteiger partial charge in [0.1, 0.15) is 0 Å². The molecule has 0 unspecified atom stereocenters. The molecule has 10 heavy (non-hydrogen) atoms. The van der Waals surface area contributed by atoms with E-state index in [9.17, 15) is 8.42 Å². The highest BCUT2D eigenvalue weighted by atomic mass is 32.2. The lowest BCUT2D eigenvalue weighted by molar-refractivity contribution is 0.588. The van der Waals surface area contributed by atoms with Gasteiger partial charge < -0.3 is 0 Å². The number of sulfone groups is 1. The lowest BCUT2D eigenvalue weighted by Crippen LogP contribution is -2.03. The molecule has 0 spiro atoms. The topological polar surface area (TPSA) is 85.7 Å². The molecule has 1 heterocycles. The summed E-state index contributed by atoms with van der Waals surface area (Å²) in [7, 11) is -3.28. The van der Waals surface area contributed by atoms with Crippen LogP contribution in [0.15, 0.2) is 11.2 Å². The molecule has 0 aromatic carbocycles. The molecule has 0 saturated carbocycles. The van der Waals surface area contributed by atoms with Crippen molar-refractivity contribution in [2.75, 3.05) is 6.26 Å². The molecule has 1 aromatic rings. The maximum atomic E-state index is 10.7. The first-order valence-corrected chi connectivity index (χ1v) is 4.21. The minimum Gasteiger partial charge on any atom is -0.222 e. The van der Waals surface area contributed by atoms with Crippen molar-refractivity contribution in [2.45, 2.75) is 5.03 Å². The summed E-state index contributed by atoms with van der Waals surface area (Å²) in [6.45, 7) is 0. The van der Waals surface area contributed by atoms with Crippen LogP contribution in [0.2, 0.25) is 0 Å². The van der Waals surface area contributed by atoms with E-state index >= 15 is 0 Å².